The van der Waals surface area contributed by atoms with E-state index in [0.717, 1.165) is 16.8 Å². The summed E-state index contributed by atoms with van der Waals surface area (Å²) >= 11 is 1.11. The molecule has 0 saturated carbocycles. The molecule has 0 aliphatic heterocycles. The lowest BCUT2D eigenvalue weighted by molar-refractivity contribution is 0.881. The van der Waals surface area contributed by atoms with Gasteiger partial charge in [-0.2, -0.15) is 0 Å². The van der Waals surface area contributed by atoms with Gasteiger partial charge in [-0.1, -0.05) is 17.7 Å². The van der Waals surface area contributed by atoms with E-state index in [0.29, 0.717) is 0 Å². The van der Waals surface area contributed by atoms with Gasteiger partial charge in [0.2, 0.25) is 0 Å². The number of benzene rings is 1. The van der Waals surface area contributed by atoms with Gasteiger partial charge in [0.25, 0.3) is 0 Å². The predicted molar refractivity (Wildman–Crippen MR) is 65.3 cm³/mol. The van der Waals surface area contributed by atoms with E-state index < -0.39 is 0 Å². The highest BCUT2D eigenvalue weighted by atomic mass is 35.7. The van der Waals surface area contributed by atoms with Crippen LogP contribution in [0.4, 0.5) is 5.69 Å². The van der Waals surface area contributed by atoms with Crippen LogP contribution in [-0.4, -0.2) is 17.7 Å². The normalized spacial score (nSPS) is 10.9. The largest absolute Gasteiger partial charge is 0.296 e. The molecule has 1 rings (SSSR count). The molecule has 1 aromatic rings. The maximum absolute atomic E-state index is 5.53. The van der Waals surface area contributed by atoms with Gasteiger partial charge in [0.1, 0.15) is 6.34 Å². The van der Waals surface area contributed by atoms with Crippen molar-refractivity contribution in [2.75, 3.05) is 7.05 Å². The average molecular weight is 229 g/mol. The third kappa shape index (κ3) is 3.24. The monoisotopic (exact) mass is 228 g/mol. The van der Waals surface area contributed by atoms with Gasteiger partial charge in [0.05, 0.1) is 16.8 Å². The third-order valence-corrected chi connectivity index (χ3v) is 2.79. The van der Waals surface area contributed by atoms with Crippen molar-refractivity contribution < 1.29 is 0 Å². The zero-order valence-corrected chi connectivity index (χ0v) is 10.1. The van der Waals surface area contributed by atoms with Crippen LogP contribution < -0.4 is 0 Å². The first-order valence-electron chi connectivity index (χ1n) is 4.26. The van der Waals surface area contributed by atoms with E-state index in [-0.39, 0.29) is 0 Å². The molecule has 0 saturated heterocycles. The Morgan fingerprint density at radius 3 is 2.71 bits per heavy atom. The average Bonchev–Trinajstić information content (AvgIpc) is 2.16. The molecule has 0 unspecified atom stereocenters. The highest BCUT2D eigenvalue weighted by molar-refractivity contribution is 8.19. The summed E-state index contributed by atoms with van der Waals surface area (Å²) in [5, 5.41) is 0. The fourth-order valence-electron chi connectivity index (χ4n) is 1.11. The molecule has 0 amide bonds. The number of hydrogen-bond acceptors (Lipinski definition) is 2. The molecule has 0 aliphatic rings. The molecule has 76 valence electrons. The van der Waals surface area contributed by atoms with E-state index in [9.17, 15) is 0 Å². The van der Waals surface area contributed by atoms with Gasteiger partial charge in [-0.15, -0.1) is 0 Å². The molecule has 1 aromatic carbocycles. The first-order chi connectivity index (χ1) is 6.63. The molecule has 0 atom stereocenters. The van der Waals surface area contributed by atoms with Gasteiger partial charge in [0.15, 0.2) is 0 Å². The lowest BCUT2D eigenvalue weighted by Crippen LogP contribution is -2.01. The predicted octanol–water partition coefficient (Wildman–Crippen LogP) is 3.70. The van der Waals surface area contributed by atoms with Gasteiger partial charge >= 0.3 is 0 Å². The molecule has 4 heteroatoms. The number of hydrogen-bond donors (Lipinski definition) is 0. The number of nitrogens with zero attached hydrogens (tertiary/aromatic N) is 2. The zero-order valence-electron chi connectivity index (χ0n) is 8.49. The van der Waals surface area contributed by atoms with Crippen molar-refractivity contribution in [3.63, 3.8) is 0 Å². The Kier molecular flexibility index (Phi) is 4.29. The van der Waals surface area contributed by atoms with Gasteiger partial charge in [0, 0.05) is 7.05 Å². The van der Waals surface area contributed by atoms with Crippen LogP contribution in [-0.2, 0) is 0 Å². The molecule has 0 aliphatic carbocycles. The van der Waals surface area contributed by atoms with Crippen LogP contribution in [0.3, 0.4) is 0 Å². The smallest absolute Gasteiger partial charge is 0.102 e. The van der Waals surface area contributed by atoms with Crippen molar-refractivity contribution in [2.45, 2.75) is 13.8 Å². The Morgan fingerprint density at radius 2 is 2.14 bits per heavy atom. The molecular formula is C10H13ClN2S. The maximum atomic E-state index is 5.53. The van der Waals surface area contributed by atoms with Crippen molar-refractivity contribution in [1.82, 2.24) is 4.31 Å². The zero-order chi connectivity index (χ0) is 10.6. The van der Waals surface area contributed by atoms with Crippen LogP contribution in [0.1, 0.15) is 11.1 Å². The molecule has 14 heavy (non-hydrogen) atoms. The van der Waals surface area contributed by atoms with Crippen molar-refractivity contribution in [2.24, 2.45) is 4.99 Å². The highest BCUT2D eigenvalue weighted by Crippen LogP contribution is 2.19. The van der Waals surface area contributed by atoms with Gasteiger partial charge in [-0.25, -0.2) is 4.99 Å². The Morgan fingerprint density at radius 1 is 1.43 bits per heavy atom. The first kappa shape index (κ1) is 11.4. The third-order valence-electron chi connectivity index (χ3n) is 1.82. The molecular weight excluding hydrogens is 216 g/mol. The molecule has 0 radical (unpaired) electrons. The molecule has 0 fully saturated rings. The van der Waals surface area contributed by atoms with Crippen LogP contribution in [0.15, 0.2) is 23.2 Å². The summed E-state index contributed by atoms with van der Waals surface area (Å²) in [6, 6.07) is 6.17. The van der Waals surface area contributed by atoms with Gasteiger partial charge < -0.3 is 0 Å². The fourth-order valence-corrected chi connectivity index (χ4v) is 1.30. The van der Waals surface area contributed by atoms with E-state index in [4.69, 9.17) is 10.7 Å². The van der Waals surface area contributed by atoms with Crippen LogP contribution in [0, 0.1) is 13.8 Å². The van der Waals surface area contributed by atoms with Gasteiger partial charge in [-0.3, -0.25) is 4.31 Å². The number of aryl methyl sites for hydroxylation is 2. The summed E-state index contributed by atoms with van der Waals surface area (Å²) in [6.07, 6.45) is 1.70. The van der Waals surface area contributed by atoms with Gasteiger partial charge in [-0.05, 0) is 36.2 Å². The Hall–Kier alpha value is -0.670. The summed E-state index contributed by atoms with van der Waals surface area (Å²) in [4.78, 5) is 4.31. The quantitative estimate of drug-likeness (QED) is 0.446. The highest BCUT2D eigenvalue weighted by Gasteiger charge is 1.95. The summed E-state index contributed by atoms with van der Waals surface area (Å²) in [6.45, 7) is 4.12. The van der Waals surface area contributed by atoms with Crippen molar-refractivity contribution in [3.05, 3.63) is 29.3 Å². The maximum Gasteiger partial charge on any atom is 0.102 e. The lowest BCUT2D eigenvalue weighted by atomic mass is 10.1. The summed E-state index contributed by atoms with van der Waals surface area (Å²) in [5.74, 6) is 0. The minimum atomic E-state index is 0.980. The topological polar surface area (TPSA) is 15.6 Å². The summed E-state index contributed by atoms with van der Waals surface area (Å²) < 4.78 is 1.74. The fraction of sp³-hybridized carbons (Fsp3) is 0.300. The second kappa shape index (κ2) is 5.27. The standard InChI is InChI=1S/C10H13ClN2S/c1-8-4-5-10(9(2)6-8)12-7-13(3)14-11/h4-7H,1-3H3. The summed E-state index contributed by atoms with van der Waals surface area (Å²) in [7, 11) is 7.39. The van der Waals surface area contributed by atoms with E-state index >= 15 is 0 Å². The first-order valence-corrected chi connectivity index (χ1v) is 5.86. The SMILES string of the molecule is Cc1ccc(N=CN(C)SCl)c(C)c1. The van der Waals surface area contributed by atoms with E-state index in [1.807, 2.05) is 26.1 Å². The van der Waals surface area contributed by atoms with Crippen LogP contribution >= 0.6 is 21.8 Å². The minimum Gasteiger partial charge on any atom is -0.296 e. The minimum absolute atomic E-state index is 0.980. The van der Waals surface area contributed by atoms with Crippen LogP contribution in [0.5, 0.6) is 0 Å². The van der Waals surface area contributed by atoms with E-state index in [1.54, 1.807) is 10.6 Å². The Bertz CT molecular complexity index is 339. The molecule has 2 nitrogen and oxygen atoms in total. The Balaban J connectivity index is 2.82. The van der Waals surface area contributed by atoms with Crippen molar-refractivity contribution in [1.29, 1.82) is 0 Å². The molecule has 0 heterocycles. The Labute approximate surface area is 93.6 Å². The number of aliphatic imine (C=N–C) groups is 1. The van der Waals surface area contributed by atoms with Crippen molar-refractivity contribution >= 4 is 33.9 Å². The molecule has 0 bridgehead atoms. The number of halogens is 1. The number of rotatable bonds is 3. The van der Waals surface area contributed by atoms with E-state index in [2.05, 4.69) is 18.0 Å². The van der Waals surface area contributed by atoms with E-state index in [1.165, 1.54) is 11.1 Å². The lowest BCUT2D eigenvalue weighted by Gasteiger charge is -2.05. The van der Waals surface area contributed by atoms with Crippen LogP contribution in [0.25, 0.3) is 0 Å². The summed E-state index contributed by atoms with van der Waals surface area (Å²) in [5.41, 5.74) is 3.41. The molecule has 0 N–H and O–H groups in total. The van der Waals surface area contributed by atoms with Crippen LogP contribution in [0.2, 0.25) is 0 Å². The molecule has 0 aromatic heterocycles. The second-order valence-electron chi connectivity index (χ2n) is 3.15. The van der Waals surface area contributed by atoms with Crippen molar-refractivity contribution in [3.8, 4) is 0 Å². The second-order valence-corrected chi connectivity index (χ2v) is 4.28. The molecule has 0 spiro atoms.